The maximum absolute atomic E-state index is 4.38. The molecule has 2 rings (SSSR count). The minimum absolute atomic E-state index is 0.00783. The standard InChI is InChI=1S/C12H21N3S/c1-12(2,11-13-6-10-16-11)14-5-9-15-7-3-4-8-15/h6,10,14H,3-5,7-9H2,1-2H3. The quantitative estimate of drug-likeness (QED) is 0.852. The second kappa shape index (κ2) is 5.25. The highest BCUT2D eigenvalue weighted by atomic mass is 32.1. The predicted octanol–water partition coefficient (Wildman–Crippen LogP) is 2.06. The zero-order chi connectivity index (χ0) is 11.4. The van der Waals surface area contributed by atoms with E-state index < -0.39 is 0 Å². The van der Waals surface area contributed by atoms with E-state index >= 15 is 0 Å². The highest BCUT2D eigenvalue weighted by Crippen LogP contribution is 2.21. The minimum atomic E-state index is 0.00783. The highest BCUT2D eigenvalue weighted by molar-refractivity contribution is 7.09. The smallest absolute Gasteiger partial charge is 0.112 e. The Labute approximate surface area is 102 Å². The van der Waals surface area contributed by atoms with E-state index in [2.05, 4.69) is 29.0 Å². The van der Waals surface area contributed by atoms with E-state index in [1.165, 1.54) is 30.9 Å². The van der Waals surface area contributed by atoms with Gasteiger partial charge in [0.1, 0.15) is 5.01 Å². The maximum Gasteiger partial charge on any atom is 0.112 e. The molecule has 0 atom stereocenters. The molecule has 0 unspecified atom stereocenters. The van der Waals surface area contributed by atoms with Crippen LogP contribution in [0.25, 0.3) is 0 Å². The molecule has 0 radical (unpaired) electrons. The molecule has 2 heterocycles. The van der Waals surface area contributed by atoms with Crippen LogP contribution < -0.4 is 5.32 Å². The number of likely N-dealkylation sites (tertiary alicyclic amines) is 1. The lowest BCUT2D eigenvalue weighted by molar-refractivity contribution is 0.305. The monoisotopic (exact) mass is 239 g/mol. The Hall–Kier alpha value is -0.450. The van der Waals surface area contributed by atoms with E-state index in [4.69, 9.17) is 0 Å². The van der Waals surface area contributed by atoms with Crippen molar-refractivity contribution in [2.24, 2.45) is 0 Å². The fourth-order valence-corrected chi connectivity index (χ4v) is 2.88. The summed E-state index contributed by atoms with van der Waals surface area (Å²) < 4.78 is 0. The SMILES string of the molecule is CC(C)(NCCN1CCCC1)c1nccs1. The molecule has 1 N–H and O–H groups in total. The number of nitrogens with one attached hydrogen (secondary N) is 1. The van der Waals surface area contributed by atoms with Crippen LogP contribution in [0.5, 0.6) is 0 Å². The Morgan fingerprint density at radius 3 is 2.81 bits per heavy atom. The Morgan fingerprint density at radius 2 is 2.19 bits per heavy atom. The fourth-order valence-electron chi connectivity index (χ4n) is 2.14. The van der Waals surface area contributed by atoms with Crippen molar-refractivity contribution in [3.05, 3.63) is 16.6 Å². The molecule has 1 aliphatic heterocycles. The molecular weight excluding hydrogens is 218 g/mol. The van der Waals surface area contributed by atoms with Crippen molar-refractivity contribution >= 4 is 11.3 Å². The molecule has 1 saturated heterocycles. The van der Waals surface area contributed by atoms with E-state index in [1.54, 1.807) is 11.3 Å². The molecule has 0 saturated carbocycles. The van der Waals surface area contributed by atoms with Gasteiger partial charge >= 0.3 is 0 Å². The third kappa shape index (κ3) is 3.03. The predicted molar refractivity (Wildman–Crippen MR) is 68.8 cm³/mol. The Bertz CT molecular complexity index is 302. The Balaban J connectivity index is 1.76. The molecule has 0 bridgehead atoms. The first-order valence-electron chi connectivity index (χ1n) is 6.06. The first-order valence-corrected chi connectivity index (χ1v) is 6.94. The summed E-state index contributed by atoms with van der Waals surface area (Å²) in [6, 6.07) is 0. The van der Waals surface area contributed by atoms with E-state index in [-0.39, 0.29) is 5.54 Å². The van der Waals surface area contributed by atoms with Gasteiger partial charge in [-0.15, -0.1) is 11.3 Å². The number of rotatable bonds is 5. The fraction of sp³-hybridized carbons (Fsp3) is 0.750. The Morgan fingerprint density at radius 1 is 1.44 bits per heavy atom. The van der Waals surface area contributed by atoms with Gasteiger partial charge in [0, 0.05) is 24.7 Å². The van der Waals surface area contributed by atoms with Gasteiger partial charge in [-0.1, -0.05) is 0 Å². The zero-order valence-corrected chi connectivity index (χ0v) is 11.0. The second-order valence-corrected chi connectivity index (χ2v) is 5.83. The van der Waals surface area contributed by atoms with Crippen LogP contribution in [0.3, 0.4) is 0 Å². The molecule has 4 heteroatoms. The lowest BCUT2D eigenvalue weighted by atomic mass is 10.1. The summed E-state index contributed by atoms with van der Waals surface area (Å²) in [5.74, 6) is 0. The van der Waals surface area contributed by atoms with Crippen LogP contribution in [-0.4, -0.2) is 36.1 Å². The van der Waals surface area contributed by atoms with Gasteiger partial charge in [-0.25, -0.2) is 4.98 Å². The van der Waals surface area contributed by atoms with Gasteiger partial charge in [-0.2, -0.15) is 0 Å². The maximum atomic E-state index is 4.38. The van der Waals surface area contributed by atoms with Gasteiger partial charge in [0.2, 0.25) is 0 Å². The van der Waals surface area contributed by atoms with Gasteiger partial charge in [0.25, 0.3) is 0 Å². The van der Waals surface area contributed by atoms with E-state index in [0.29, 0.717) is 0 Å². The molecule has 0 aliphatic carbocycles. The number of aromatic nitrogens is 1. The summed E-state index contributed by atoms with van der Waals surface area (Å²) in [7, 11) is 0. The summed E-state index contributed by atoms with van der Waals surface area (Å²) in [6.45, 7) is 9.17. The van der Waals surface area contributed by atoms with Gasteiger partial charge < -0.3 is 10.2 Å². The normalized spacial score (nSPS) is 18.1. The van der Waals surface area contributed by atoms with E-state index in [0.717, 1.165) is 13.1 Å². The summed E-state index contributed by atoms with van der Waals surface area (Å²) in [5.41, 5.74) is 0.00783. The molecule has 16 heavy (non-hydrogen) atoms. The van der Waals surface area contributed by atoms with Crippen molar-refractivity contribution in [2.75, 3.05) is 26.2 Å². The first kappa shape index (κ1) is 12.0. The van der Waals surface area contributed by atoms with Crippen molar-refractivity contribution in [1.82, 2.24) is 15.2 Å². The van der Waals surface area contributed by atoms with Crippen LogP contribution in [0.15, 0.2) is 11.6 Å². The van der Waals surface area contributed by atoms with Crippen molar-refractivity contribution < 1.29 is 0 Å². The van der Waals surface area contributed by atoms with Crippen molar-refractivity contribution in [2.45, 2.75) is 32.2 Å². The molecular formula is C12H21N3S. The average molecular weight is 239 g/mol. The van der Waals surface area contributed by atoms with Crippen LogP contribution in [0.4, 0.5) is 0 Å². The molecule has 0 amide bonds. The summed E-state index contributed by atoms with van der Waals surface area (Å²) in [5, 5.41) is 6.81. The lowest BCUT2D eigenvalue weighted by Crippen LogP contribution is -2.41. The van der Waals surface area contributed by atoms with Crippen LogP contribution >= 0.6 is 11.3 Å². The van der Waals surface area contributed by atoms with Crippen LogP contribution in [-0.2, 0) is 5.54 Å². The van der Waals surface area contributed by atoms with Crippen molar-refractivity contribution in [3.8, 4) is 0 Å². The zero-order valence-electron chi connectivity index (χ0n) is 10.2. The highest BCUT2D eigenvalue weighted by Gasteiger charge is 2.22. The van der Waals surface area contributed by atoms with Crippen LogP contribution in [0, 0.1) is 0 Å². The van der Waals surface area contributed by atoms with E-state index in [9.17, 15) is 0 Å². The molecule has 0 aromatic carbocycles. The minimum Gasteiger partial charge on any atom is -0.305 e. The topological polar surface area (TPSA) is 28.2 Å². The third-order valence-corrected chi connectivity index (χ3v) is 4.26. The average Bonchev–Trinajstić information content (AvgIpc) is 2.90. The van der Waals surface area contributed by atoms with Crippen molar-refractivity contribution in [3.63, 3.8) is 0 Å². The number of thiazole rings is 1. The molecule has 1 aromatic rings. The van der Waals surface area contributed by atoms with Crippen LogP contribution in [0.1, 0.15) is 31.7 Å². The van der Waals surface area contributed by atoms with Gasteiger partial charge in [-0.3, -0.25) is 0 Å². The Kier molecular flexibility index (Phi) is 3.95. The molecule has 0 spiro atoms. The number of hydrogen-bond acceptors (Lipinski definition) is 4. The first-order chi connectivity index (χ1) is 7.68. The van der Waals surface area contributed by atoms with E-state index in [1.807, 2.05) is 11.6 Å². The molecule has 90 valence electrons. The van der Waals surface area contributed by atoms with Gasteiger partial charge in [0.05, 0.1) is 5.54 Å². The third-order valence-electron chi connectivity index (χ3n) is 3.16. The van der Waals surface area contributed by atoms with Gasteiger partial charge in [0.15, 0.2) is 0 Å². The van der Waals surface area contributed by atoms with Gasteiger partial charge in [-0.05, 0) is 39.8 Å². The number of nitrogens with zero attached hydrogens (tertiary/aromatic N) is 2. The van der Waals surface area contributed by atoms with Crippen LogP contribution in [0.2, 0.25) is 0 Å². The molecule has 1 aliphatic rings. The summed E-state index contributed by atoms with van der Waals surface area (Å²) in [4.78, 5) is 6.91. The summed E-state index contributed by atoms with van der Waals surface area (Å²) >= 11 is 1.73. The second-order valence-electron chi connectivity index (χ2n) is 4.94. The number of hydrogen-bond donors (Lipinski definition) is 1. The molecule has 3 nitrogen and oxygen atoms in total. The molecule has 1 fully saturated rings. The van der Waals surface area contributed by atoms with Crippen molar-refractivity contribution in [1.29, 1.82) is 0 Å². The lowest BCUT2D eigenvalue weighted by Gasteiger charge is -2.25. The summed E-state index contributed by atoms with van der Waals surface area (Å²) in [6.07, 6.45) is 4.62. The largest absolute Gasteiger partial charge is 0.305 e. The molecule has 1 aromatic heterocycles.